The molecule has 2 aliphatic rings. The molecule has 2 saturated heterocycles. The molecule has 2 N–H and O–H groups in total. The molecule has 0 spiro atoms. The molecule has 0 saturated carbocycles. The summed E-state index contributed by atoms with van der Waals surface area (Å²) in [5.41, 5.74) is 0. The first-order chi connectivity index (χ1) is 12.8. The summed E-state index contributed by atoms with van der Waals surface area (Å²) in [4.78, 5) is 10.0. The molecule has 6 heteroatoms. The number of likely N-dealkylation sites (tertiary alicyclic amines) is 2. The molecule has 0 radical (unpaired) electrons. The SMILES string of the molecule is CCCN1CCC(NC(=NCCCCCN2CCCCC2)NCC)CC1.I. The van der Waals surface area contributed by atoms with Gasteiger partial charge in [0.05, 0.1) is 0 Å². The maximum Gasteiger partial charge on any atom is 0.191 e. The Balaban J connectivity index is 0.00000364. The number of piperidine rings is 2. The first kappa shape index (κ1) is 25.0. The minimum Gasteiger partial charge on any atom is -0.357 e. The Bertz CT molecular complexity index is 377. The Morgan fingerprint density at radius 1 is 0.889 bits per heavy atom. The number of halogens is 1. The summed E-state index contributed by atoms with van der Waals surface area (Å²) in [6.45, 7) is 13.9. The Kier molecular flexibility index (Phi) is 14.6. The van der Waals surface area contributed by atoms with Gasteiger partial charge in [0.25, 0.3) is 0 Å². The maximum atomic E-state index is 4.81. The highest BCUT2D eigenvalue weighted by Crippen LogP contribution is 2.11. The van der Waals surface area contributed by atoms with Crippen LogP contribution >= 0.6 is 24.0 Å². The van der Waals surface area contributed by atoms with E-state index in [1.807, 2.05) is 0 Å². The van der Waals surface area contributed by atoms with Gasteiger partial charge in [-0.15, -0.1) is 24.0 Å². The monoisotopic (exact) mass is 493 g/mol. The van der Waals surface area contributed by atoms with E-state index in [-0.39, 0.29) is 24.0 Å². The van der Waals surface area contributed by atoms with Crippen LogP contribution in [-0.2, 0) is 0 Å². The van der Waals surface area contributed by atoms with Crippen LogP contribution in [0, 0.1) is 0 Å². The zero-order valence-corrected chi connectivity index (χ0v) is 20.2. The van der Waals surface area contributed by atoms with Crippen molar-refractivity contribution in [3.05, 3.63) is 0 Å². The third-order valence-electron chi connectivity index (χ3n) is 5.66. The number of hydrogen-bond acceptors (Lipinski definition) is 3. The molecule has 2 heterocycles. The van der Waals surface area contributed by atoms with Crippen molar-refractivity contribution in [1.29, 1.82) is 0 Å². The molecule has 0 aromatic rings. The van der Waals surface area contributed by atoms with Crippen LogP contribution in [0.15, 0.2) is 4.99 Å². The normalized spacial score (nSPS) is 20.3. The summed E-state index contributed by atoms with van der Waals surface area (Å²) in [6, 6.07) is 0.583. The second kappa shape index (κ2) is 15.8. The first-order valence-corrected chi connectivity index (χ1v) is 11.3. The molecule has 0 unspecified atom stereocenters. The largest absolute Gasteiger partial charge is 0.357 e. The summed E-state index contributed by atoms with van der Waals surface area (Å²) >= 11 is 0. The summed E-state index contributed by atoms with van der Waals surface area (Å²) in [6.07, 6.45) is 11.8. The summed E-state index contributed by atoms with van der Waals surface area (Å²) in [5, 5.41) is 7.09. The van der Waals surface area contributed by atoms with Crippen LogP contribution in [0.3, 0.4) is 0 Å². The van der Waals surface area contributed by atoms with E-state index in [0.717, 1.165) is 19.0 Å². The van der Waals surface area contributed by atoms with Gasteiger partial charge >= 0.3 is 0 Å². The zero-order chi connectivity index (χ0) is 18.5. The Morgan fingerprint density at radius 2 is 1.59 bits per heavy atom. The van der Waals surface area contributed by atoms with Crippen LogP contribution in [0.25, 0.3) is 0 Å². The summed E-state index contributed by atoms with van der Waals surface area (Å²) in [7, 11) is 0. The molecule has 2 fully saturated rings. The van der Waals surface area contributed by atoms with Gasteiger partial charge in [-0.05, 0) is 78.0 Å². The lowest BCUT2D eigenvalue weighted by Gasteiger charge is -2.32. The van der Waals surface area contributed by atoms with Gasteiger partial charge in [-0.25, -0.2) is 0 Å². The van der Waals surface area contributed by atoms with Crippen molar-refractivity contribution in [2.24, 2.45) is 4.99 Å². The molecule has 0 aliphatic carbocycles. The second-order valence-electron chi connectivity index (χ2n) is 7.98. The zero-order valence-electron chi connectivity index (χ0n) is 17.8. The Hall–Kier alpha value is -0.0800. The standard InChI is InChI=1S/C21H43N5.HI/c1-3-14-25-18-11-20(12-19-25)24-21(22-4-2)23-13-7-5-8-15-26-16-9-6-10-17-26;/h20H,3-19H2,1-2H3,(H2,22,23,24);1H. The third-order valence-corrected chi connectivity index (χ3v) is 5.66. The molecule has 0 aromatic heterocycles. The molecule has 0 bridgehead atoms. The molecular formula is C21H44IN5. The number of aliphatic imine (C=N–C) groups is 1. The fourth-order valence-electron chi connectivity index (χ4n) is 4.13. The number of hydrogen-bond donors (Lipinski definition) is 2. The van der Waals surface area contributed by atoms with Crippen molar-refractivity contribution >= 4 is 29.9 Å². The van der Waals surface area contributed by atoms with Crippen LogP contribution < -0.4 is 10.6 Å². The number of rotatable bonds is 10. The van der Waals surface area contributed by atoms with Crippen molar-refractivity contribution in [3.8, 4) is 0 Å². The maximum absolute atomic E-state index is 4.81. The van der Waals surface area contributed by atoms with Gasteiger partial charge in [0.15, 0.2) is 5.96 Å². The van der Waals surface area contributed by atoms with Crippen LogP contribution in [0.5, 0.6) is 0 Å². The number of unbranched alkanes of at least 4 members (excludes halogenated alkanes) is 2. The van der Waals surface area contributed by atoms with Gasteiger partial charge in [-0.3, -0.25) is 4.99 Å². The average molecular weight is 494 g/mol. The molecule has 0 amide bonds. The third kappa shape index (κ3) is 10.9. The van der Waals surface area contributed by atoms with Gasteiger partial charge in [0, 0.05) is 32.2 Å². The molecule has 0 aromatic carbocycles. The van der Waals surface area contributed by atoms with E-state index in [2.05, 4.69) is 34.3 Å². The number of nitrogens with one attached hydrogen (secondary N) is 2. The second-order valence-corrected chi connectivity index (χ2v) is 7.98. The molecule has 5 nitrogen and oxygen atoms in total. The van der Waals surface area contributed by atoms with Gasteiger partial charge < -0.3 is 20.4 Å². The molecular weight excluding hydrogens is 449 g/mol. The fraction of sp³-hybridized carbons (Fsp3) is 0.952. The van der Waals surface area contributed by atoms with Crippen molar-refractivity contribution in [3.63, 3.8) is 0 Å². The van der Waals surface area contributed by atoms with E-state index >= 15 is 0 Å². The Morgan fingerprint density at radius 3 is 2.26 bits per heavy atom. The van der Waals surface area contributed by atoms with Crippen molar-refractivity contribution in [1.82, 2.24) is 20.4 Å². The number of guanidine groups is 1. The van der Waals surface area contributed by atoms with E-state index in [1.54, 1.807) is 0 Å². The first-order valence-electron chi connectivity index (χ1n) is 11.3. The summed E-state index contributed by atoms with van der Waals surface area (Å²) < 4.78 is 0. The predicted octanol–water partition coefficient (Wildman–Crippen LogP) is 3.69. The fourth-order valence-corrected chi connectivity index (χ4v) is 4.13. The van der Waals surface area contributed by atoms with Gasteiger partial charge in [0.2, 0.25) is 0 Å². The van der Waals surface area contributed by atoms with E-state index in [9.17, 15) is 0 Å². The van der Waals surface area contributed by atoms with Crippen LogP contribution in [0.2, 0.25) is 0 Å². The molecule has 2 aliphatic heterocycles. The van der Waals surface area contributed by atoms with E-state index in [4.69, 9.17) is 4.99 Å². The van der Waals surface area contributed by atoms with E-state index < -0.39 is 0 Å². The highest BCUT2D eigenvalue weighted by atomic mass is 127. The lowest BCUT2D eigenvalue weighted by molar-refractivity contribution is 0.206. The average Bonchev–Trinajstić information content (AvgIpc) is 2.67. The highest BCUT2D eigenvalue weighted by Gasteiger charge is 2.19. The molecule has 2 rings (SSSR count). The van der Waals surface area contributed by atoms with Crippen LogP contribution in [-0.4, -0.2) is 74.2 Å². The topological polar surface area (TPSA) is 42.9 Å². The van der Waals surface area contributed by atoms with E-state index in [1.165, 1.54) is 97.1 Å². The van der Waals surface area contributed by atoms with Gasteiger partial charge in [-0.2, -0.15) is 0 Å². The van der Waals surface area contributed by atoms with Crippen LogP contribution in [0.1, 0.15) is 71.6 Å². The van der Waals surface area contributed by atoms with Crippen molar-refractivity contribution < 1.29 is 0 Å². The van der Waals surface area contributed by atoms with E-state index in [0.29, 0.717) is 6.04 Å². The van der Waals surface area contributed by atoms with Crippen molar-refractivity contribution in [2.45, 2.75) is 77.7 Å². The quantitative estimate of drug-likeness (QED) is 0.211. The molecule has 160 valence electrons. The van der Waals surface area contributed by atoms with Gasteiger partial charge in [0.1, 0.15) is 0 Å². The highest BCUT2D eigenvalue weighted by molar-refractivity contribution is 14.0. The molecule has 0 atom stereocenters. The van der Waals surface area contributed by atoms with Crippen molar-refractivity contribution in [2.75, 3.05) is 52.4 Å². The lowest BCUT2D eigenvalue weighted by atomic mass is 10.1. The smallest absolute Gasteiger partial charge is 0.191 e. The van der Waals surface area contributed by atoms with Crippen LogP contribution in [0.4, 0.5) is 0 Å². The molecule has 27 heavy (non-hydrogen) atoms. The lowest BCUT2D eigenvalue weighted by Crippen LogP contribution is -2.48. The Labute approximate surface area is 185 Å². The minimum atomic E-state index is 0. The predicted molar refractivity (Wildman–Crippen MR) is 128 cm³/mol. The number of nitrogens with zero attached hydrogens (tertiary/aromatic N) is 3. The minimum absolute atomic E-state index is 0. The van der Waals surface area contributed by atoms with Gasteiger partial charge in [-0.1, -0.05) is 19.8 Å². The summed E-state index contributed by atoms with van der Waals surface area (Å²) in [5.74, 6) is 1.03.